The average molecular weight is 465 g/mol. The van der Waals surface area contributed by atoms with Crippen LogP contribution in [0.25, 0.3) is 0 Å². The fraction of sp³-hybridized carbons (Fsp3) is 0.200. The van der Waals surface area contributed by atoms with E-state index in [0.717, 1.165) is 11.3 Å². The van der Waals surface area contributed by atoms with Gasteiger partial charge in [0.1, 0.15) is 5.92 Å². The van der Waals surface area contributed by atoms with Crippen LogP contribution in [0.5, 0.6) is 11.5 Å². The van der Waals surface area contributed by atoms with Crippen LogP contribution in [0.4, 0.5) is 11.4 Å². The molecule has 2 fully saturated rings. The molecule has 3 unspecified atom stereocenters. The van der Waals surface area contributed by atoms with E-state index in [9.17, 15) is 9.59 Å². The first-order valence-electron chi connectivity index (χ1n) is 10.4. The smallest absolute Gasteiger partial charge is 0.266 e. The number of fused-ring (bicyclic) bond motifs is 1. The lowest BCUT2D eigenvalue weighted by Crippen LogP contribution is -2.37. The molecule has 2 aliphatic heterocycles. The summed E-state index contributed by atoms with van der Waals surface area (Å²) in [5.41, 5.74) is 1.97. The van der Waals surface area contributed by atoms with Gasteiger partial charge in [0.25, 0.3) is 5.91 Å². The lowest BCUT2D eigenvalue weighted by molar-refractivity contribution is -0.126. The maximum absolute atomic E-state index is 13.6. The van der Waals surface area contributed by atoms with Crippen molar-refractivity contribution in [3.05, 3.63) is 83.4 Å². The number of hydroxylamine groups is 1. The van der Waals surface area contributed by atoms with Gasteiger partial charge in [0.2, 0.25) is 5.91 Å². The third-order valence-electron chi connectivity index (χ3n) is 5.96. The van der Waals surface area contributed by atoms with Crippen molar-refractivity contribution in [3.8, 4) is 11.5 Å². The van der Waals surface area contributed by atoms with E-state index in [2.05, 4.69) is 0 Å². The second-order valence-corrected chi connectivity index (χ2v) is 8.20. The van der Waals surface area contributed by atoms with Crippen molar-refractivity contribution in [2.24, 2.45) is 5.92 Å². The molecule has 2 amide bonds. The van der Waals surface area contributed by atoms with Gasteiger partial charge in [0.15, 0.2) is 17.6 Å². The van der Waals surface area contributed by atoms with E-state index in [-0.39, 0.29) is 5.91 Å². The predicted octanol–water partition coefficient (Wildman–Crippen LogP) is 4.41. The first kappa shape index (κ1) is 21.3. The molecule has 2 aliphatic rings. The molecule has 8 heteroatoms. The number of rotatable bonds is 5. The van der Waals surface area contributed by atoms with Crippen LogP contribution in [0.2, 0.25) is 5.02 Å². The van der Waals surface area contributed by atoms with E-state index in [1.54, 1.807) is 49.6 Å². The molecule has 168 valence electrons. The van der Waals surface area contributed by atoms with Gasteiger partial charge in [0, 0.05) is 5.02 Å². The summed E-state index contributed by atoms with van der Waals surface area (Å²) >= 11 is 5.99. The van der Waals surface area contributed by atoms with Crippen molar-refractivity contribution >= 4 is 34.8 Å². The van der Waals surface area contributed by atoms with Crippen LogP contribution < -0.4 is 19.4 Å². The Morgan fingerprint density at radius 3 is 2.18 bits per heavy atom. The standard InChI is InChI=1S/C25H21ClN2O5/c1-31-19-13-8-15(14-20(19)32-2)22-21-23(33-28(22)18-6-4-3-5-7-18)25(30)27(24(21)29)17-11-9-16(26)10-12-17/h3-14,21-23H,1-2H3. The molecule has 0 aromatic heterocycles. The zero-order valence-corrected chi connectivity index (χ0v) is 18.7. The maximum Gasteiger partial charge on any atom is 0.266 e. The molecule has 0 bridgehead atoms. The van der Waals surface area contributed by atoms with Gasteiger partial charge in [-0.05, 0) is 54.1 Å². The van der Waals surface area contributed by atoms with Crippen LogP contribution in [0.15, 0.2) is 72.8 Å². The van der Waals surface area contributed by atoms with Crippen molar-refractivity contribution in [3.63, 3.8) is 0 Å². The molecule has 7 nitrogen and oxygen atoms in total. The van der Waals surface area contributed by atoms with Gasteiger partial charge >= 0.3 is 0 Å². The average Bonchev–Trinajstić information content (AvgIpc) is 3.36. The molecule has 0 aliphatic carbocycles. The summed E-state index contributed by atoms with van der Waals surface area (Å²) < 4.78 is 10.8. The maximum atomic E-state index is 13.6. The first-order valence-corrected chi connectivity index (χ1v) is 10.8. The zero-order chi connectivity index (χ0) is 23.1. The van der Waals surface area contributed by atoms with E-state index in [1.807, 2.05) is 42.5 Å². The van der Waals surface area contributed by atoms with Crippen molar-refractivity contribution in [2.45, 2.75) is 12.1 Å². The van der Waals surface area contributed by atoms with Crippen LogP contribution in [0, 0.1) is 5.92 Å². The summed E-state index contributed by atoms with van der Waals surface area (Å²) in [6, 6.07) is 20.9. The number of hydrogen-bond acceptors (Lipinski definition) is 6. The van der Waals surface area contributed by atoms with Crippen molar-refractivity contribution in [1.29, 1.82) is 0 Å². The molecule has 0 spiro atoms. The van der Waals surface area contributed by atoms with E-state index in [0.29, 0.717) is 22.2 Å². The molecule has 5 rings (SSSR count). The number of carbonyl (C=O) groups is 2. The number of ether oxygens (including phenoxy) is 2. The third kappa shape index (κ3) is 3.50. The number of anilines is 2. The van der Waals surface area contributed by atoms with Crippen LogP contribution in [-0.2, 0) is 14.4 Å². The Hall–Kier alpha value is -3.55. The molecule has 3 atom stereocenters. The fourth-order valence-electron chi connectivity index (χ4n) is 4.43. The van der Waals surface area contributed by atoms with E-state index >= 15 is 0 Å². The minimum Gasteiger partial charge on any atom is -0.493 e. The zero-order valence-electron chi connectivity index (χ0n) is 18.0. The summed E-state index contributed by atoms with van der Waals surface area (Å²) in [5, 5.41) is 2.17. The monoisotopic (exact) mass is 464 g/mol. The van der Waals surface area contributed by atoms with Crippen LogP contribution in [0.1, 0.15) is 11.6 Å². The molecule has 2 saturated heterocycles. The molecule has 0 radical (unpaired) electrons. The second kappa shape index (κ2) is 8.42. The summed E-state index contributed by atoms with van der Waals surface area (Å²) in [6.45, 7) is 0. The third-order valence-corrected chi connectivity index (χ3v) is 6.21. The lowest BCUT2D eigenvalue weighted by atomic mass is 9.90. The Balaban J connectivity index is 1.60. The molecular formula is C25H21ClN2O5. The summed E-state index contributed by atoms with van der Waals surface area (Å²) in [5.74, 6) is -0.384. The largest absolute Gasteiger partial charge is 0.493 e. The molecular weight excluding hydrogens is 444 g/mol. The van der Waals surface area contributed by atoms with Gasteiger partial charge in [-0.1, -0.05) is 35.9 Å². The Morgan fingerprint density at radius 2 is 1.52 bits per heavy atom. The minimum atomic E-state index is -0.952. The highest BCUT2D eigenvalue weighted by Crippen LogP contribution is 2.48. The minimum absolute atomic E-state index is 0.328. The number of para-hydroxylation sites is 1. The Kier molecular flexibility index (Phi) is 5.44. The number of nitrogens with zero attached hydrogens (tertiary/aromatic N) is 2. The number of amides is 2. The van der Waals surface area contributed by atoms with Gasteiger partial charge < -0.3 is 9.47 Å². The topological polar surface area (TPSA) is 68.3 Å². The Morgan fingerprint density at radius 1 is 0.818 bits per heavy atom. The van der Waals surface area contributed by atoms with Crippen molar-refractivity contribution in [2.75, 3.05) is 24.2 Å². The number of carbonyl (C=O) groups excluding carboxylic acids is 2. The normalized spacial score (nSPS) is 22.0. The van der Waals surface area contributed by atoms with Crippen LogP contribution in [0.3, 0.4) is 0 Å². The van der Waals surface area contributed by atoms with Crippen LogP contribution in [-0.4, -0.2) is 32.1 Å². The molecule has 3 aromatic carbocycles. The summed E-state index contributed by atoms with van der Waals surface area (Å²) in [6.07, 6.45) is -0.952. The van der Waals surface area contributed by atoms with Crippen molar-refractivity contribution in [1.82, 2.24) is 0 Å². The number of benzene rings is 3. The summed E-state index contributed by atoms with van der Waals surface area (Å²) in [7, 11) is 3.11. The SMILES string of the molecule is COc1ccc(C2C3C(=O)N(c4ccc(Cl)cc4)C(=O)C3ON2c2ccccc2)cc1OC. The van der Waals surface area contributed by atoms with Gasteiger partial charge in [0.05, 0.1) is 31.6 Å². The van der Waals surface area contributed by atoms with E-state index < -0.39 is 24.0 Å². The van der Waals surface area contributed by atoms with Gasteiger partial charge in [-0.2, -0.15) is 0 Å². The number of halogens is 1. The highest BCUT2D eigenvalue weighted by Gasteiger charge is 2.60. The van der Waals surface area contributed by atoms with Gasteiger partial charge in [-0.3, -0.25) is 14.4 Å². The summed E-state index contributed by atoms with van der Waals surface area (Å²) in [4.78, 5) is 34.3. The molecule has 0 saturated carbocycles. The highest BCUT2D eigenvalue weighted by molar-refractivity contribution is 6.31. The highest BCUT2D eigenvalue weighted by atomic mass is 35.5. The molecule has 2 heterocycles. The molecule has 0 N–H and O–H groups in total. The van der Waals surface area contributed by atoms with Crippen LogP contribution >= 0.6 is 11.6 Å². The Labute approximate surface area is 196 Å². The first-order chi connectivity index (χ1) is 16.0. The van der Waals surface area contributed by atoms with Gasteiger partial charge in [-0.25, -0.2) is 9.96 Å². The number of hydrogen-bond donors (Lipinski definition) is 0. The molecule has 33 heavy (non-hydrogen) atoms. The van der Waals surface area contributed by atoms with Gasteiger partial charge in [-0.15, -0.1) is 0 Å². The van der Waals surface area contributed by atoms with E-state index in [4.69, 9.17) is 25.9 Å². The Bertz CT molecular complexity index is 1200. The lowest BCUT2D eigenvalue weighted by Gasteiger charge is -2.29. The molecule has 3 aromatic rings. The fourth-order valence-corrected chi connectivity index (χ4v) is 4.56. The number of imide groups is 1. The number of methoxy groups -OCH3 is 2. The van der Waals surface area contributed by atoms with Crippen molar-refractivity contribution < 1.29 is 23.9 Å². The quantitative estimate of drug-likeness (QED) is 0.521. The second-order valence-electron chi connectivity index (χ2n) is 7.76. The predicted molar refractivity (Wildman–Crippen MR) is 124 cm³/mol. The van der Waals surface area contributed by atoms with E-state index in [1.165, 1.54) is 4.90 Å².